The standard InChI is InChI=1S/C14H22N4O2/c1-11(2)20-14-12(15-10-19)4-5-13(16-14)18-8-6-17(3)7-9-18/h4-5,10-11H,6-9H2,1-3H3,(H,15,19). The Bertz CT molecular complexity index is 456. The molecule has 1 amide bonds. The van der Waals surface area contributed by atoms with Crippen molar-refractivity contribution in [3.05, 3.63) is 12.1 Å². The molecule has 20 heavy (non-hydrogen) atoms. The molecule has 0 radical (unpaired) electrons. The predicted molar refractivity (Wildman–Crippen MR) is 79.4 cm³/mol. The molecule has 1 aromatic rings. The molecule has 1 N–H and O–H groups in total. The highest BCUT2D eigenvalue weighted by Crippen LogP contribution is 2.26. The number of carbonyl (C=O) groups excluding carboxylic acids is 1. The number of aromatic nitrogens is 1. The lowest BCUT2D eigenvalue weighted by Crippen LogP contribution is -2.44. The van der Waals surface area contributed by atoms with Crippen LogP contribution in [0.15, 0.2) is 12.1 Å². The van der Waals surface area contributed by atoms with E-state index < -0.39 is 0 Å². The summed E-state index contributed by atoms with van der Waals surface area (Å²) in [5, 5.41) is 2.62. The van der Waals surface area contributed by atoms with Crippen LogP contribution in [0.1, 0.15) is 13.8 Å². The summed E-state index contributed by atoms with van der Waals surface area (Å²) in [5.41, 5.74) is 0.603. The van der Waals surface area contributed by atoms with Crippen molar-refractivity contribution in [3.8, 4) is 5.88 Å². The minimum Gasteiger partial charge on any atom is -0.473 e. The quantitative estimate of drug-likeness (QED) is 0.820. The first kappa shape index (κ1) is 14.6. The fraction of sp³-hybridized carbons (Fsp3) is 0.571. The second kappa shape index (κ2) is 6.56. The average molecular weight is 278 g/mol. The molecule has 0 saturated carbocycles. The Morgan fingerprint density at radius 3 is 2.60 bits per heavy atom. The zero-order chi connectivity index (χ0) is 14.5. The summed E-state index contributed by atoms with van der Waals surface area (Å²) >= 11 is 0. The molecule has 0 aromatic carbocycles. The number of nitrogens with one attached hydrogen (secondary N) is 1. The number of hydrogen-bond acceptors (Lipinski definition) is 5. The summed E-state index contributed by atoms with van der Waals surface area (Å²) < 4.78 is 5.68. The number of piperazine rings is 1. The molecule has 110 valence electrons. The van der Waals surface area contributed by atoms with Gasteiger partial charge in [0.15, 0.2) is 0 Å². The van der Waals surface area contributed by atoms with Gasteiger partial charge in [-0.25, -0.2) is 0 Å². The average Bonchev–Trinajstić information content (AvgIpc) is 2.41. The second-order valence-electron chi connectivity index (χ2n) is 5.24. The van der Waals surface area contributed by atoms with E-state index >= 15 is 0 Å². The number of carbonyl (C=O) groups is 1. The molecule has 1 saturated heterocycles. The highest BCUT2D eigenvalue weighted by Gasteiger charge is 2.17. The number of pyridine rings is 1. The van der Waals surface area contributed by atoms with Crippen molar-refractivity contribution in [3.63, 3.8) is 0 Å². The number of amides is 1. The molecule has 0 unspecified atom stereocenters. The zero-order valence-electron chi connectivity index (χ0n) is 12.3. The van der Waals surface area contributed by atoms with Gasteiger partial charge in [0.2, 0.25) is 12.3 Å². The van der Waals surface area contributed by atoms with Crippen LogP contribution in [0.2, 0.25) is 0 Å². The van der Waals surface area contributed by atoms with Gasteiger partial charge in [-0.3, -0.25) is 4.79 Å². The Kier molecular flexibility index (Phi) is 4.79. The smallest absolute Gasteiger partial charge is 0.240 e. The summed E-state index contributed by atoms with van der Waals surface area (Å²) in [5.74, 6) is 1.37. The van der Waals surface area contributed by atoms with E-state index in [0.29, 0.717) is 18.0 Å². The first-order valence-corrected chi connectivity index (χ1v) is 6.91. The van der Waals surface area contributed by atoms with E-state index in [0.717, 1.165) is 32.0 Å². The molecule has 1 aliphatic heterocycles. The van der Waals surface area contributed by atoms with Crippen LogP contribution in [0.25, 0.3) is 0 Å². The maximum Gasteiger partial charge on any atom is 0.240 e. The summed E-state index contributed by atoms with van der Waals surface area (Å²) in [7, 11) is 2.12. The molecule has 6 heteroatoms. The van der Waals surface area contributed by atoms with Crippen LogP contribution < -0.4 is 15.0 Å². The van der Waals surface area contributed by atoms with Crippen molar-refractivity contribution in [1.29, 1.82) is 0 Å². The van der Waals surface area contributed by atoms with E-state index in [9.17, 15) is 4.79 Å². The van der Waals surface area contributed by atoms with Gasteiger partial charge in [0.05, 0.1) is 6.10 Å². The van der Waals surface area contributed by atoms with Crippen molar-refractivity contribution < 1.29 is 9.53 Å². The zero-order valence-corrected chi connectivity index (χ0v) is 12.3. The SMILES string of the molecule is CC(C)Oc1nc(N2CCN(C)CC2)ccc1NC=O. The lowest BCUT2D eigenvalue weighted by atomic mass is 10.3. The Hall–Kier alpha value is -1.82. The van der Waals surface area contributed by atoms with Crippen LogP contribution in [0.3, 0.4) is 0 Å². The third-order valence-corrected chi connectivity index (χ3v) is 3.23. The summed E-state index contributed by atoms with van der Waals surface area (Å²) in [6.45, 7) is 7.83. The minimum atomic E-state index is 0.0115. The van der Waals surface area contributed by atoms with Crippen LogP contribution in [0.5, 0.6) is 5.88 Å². The van der Waals surface area contributed by atoms with Crippen LogP contribution >= 0.6 is 0 Å². The summed E-state index contributed by atoms with van der Waals surface area (Å²) in [6, 6.07) is 3.76. The third kappa shape index (κ3) is 3.60. The lowest BCUT2D eigenvalue weighted by Gasteiger charge is -2.33. The Balaban J connectivity index is 2.19. The normalized spacial score (nSPS) is 16.3. The maximum absolute atomic E-state index is 10.6. The molecule has 1 aliphatic rings. The third-order valence-electron chi connectivity index (χ3n) is 3.23. The van der Waals surface area contributed by atoms with Crippen LogP contribution in [0, 0.1) is 0 Å². The van der Waals surface area contributed by atoms with Gasteiger partial charge >= 0.3 is 0 Å². The molecule has 2 rings (SSSR count). The van der Waals surface area contributed by atoms with Crippen LogP contribution in [-0.4, -0.2) is 55.6 Å². The minimum absolute atomic E-state index is 0.0115. The van der Waals surface area contributed by atoms with Crippen molar-refractivity contribution in [2.24, 2.45) is 0 Å². The van der Waals surface area contributed by atoms with Gasteiger partial charge in [-0.15, -0.1) is 0 Å². The molecule has 1 aromatic heterocycles. The van der Waals surface area contributed by atoms with Crippen LogP contribution in [-0.2, 0) is 4.79 Å². The summed E-state index contributed by atoms with van der Waals surface area (Å²) in [4.78, 5) is 19.7. The second-order valence-corrected chi connectivity index (χ2v) is 5.24. The molecule has 0 aliphatic carbocycles. The molecular formula is C14H22N4O2. The molecule has 0 atom stereocenters. The molecule has 0 spiro atoms. The van der Waals surface area contributed by atoms with E-state index in [-0.39, 0.29) is 6.10 Å². The molecule has 2 heterocycles. The van der Waals surface area contributed by atoms with Gasteiger partial charge in [0.1, 0.15) is 11.5 Å². The highest BCUT2D eigenvalue weighted by atomic mass is 16.5. The van der Waals surface area contributed by atoms with Gasteiger partial charge in [0.25, 0.3) is 0 Å². The van der Waals surface area contributed by atoms with Gasteiger partial charge in [0, 0.05) is 26.2 Å². The topological polar surface area (TPSA) is 57.7 Å². The van der Waals surface area contributed by atoms with Crippen molar-refractivity contribution in [2.75, 3.05) is 43.4 Å². The number of anilines is 2. The van der Waals surface area contributed by atoms with Gasteiger partial charge in [-0.1, -0.05) is 0 Å². The molecular weight excluding hydrogens is 256 g/mol. The largest absolute Gasteiger partial charge is 0.473 e. The fourth-order valence-corrected chi connectivity index (χ4v) is 2.13. The number of ether oxygens (including phenoxy) is 1. The van der Waals surface area contributed by atoms with Gasteiger partial charge in [-0.05, 0) is 33.0 Å². The molecule has 6 nitrogen and oxygen atoms in total. The van der Waals surface area contributed by atoms with Crippen molar-refractivity contribution in [2.45, 2.75) is 20.0 Å². The predicted octanol–water partition coefficient (Wildman–Crippen LogP) is 1.19. The van der Waals surface area contributed by atoms with E-state index in [2.05, 4.69) is 27.1 Å². The number of nitrogens with zero attached hydrogens (tertiary/aromatic N) is 3. The number of hydrogen-bond donors (Lipinski definition) is 1. The first-order valence-electron chi connectivity index (χ1n) is 6.91. The Morgan fingerprint density at radius 2 is 2.00 bits per heavy atom. The maximum atomic E-state index is 10.6. The van der Waals surface area contributed by atoms with E-state index in [1.54, 1.807) is 0 Å². The lowest BCUT2D eigenvalue weighted by molar-refractivity contribution is -0.105. The van der Waals surface area contributed by atoms with Crippen molar-refractivity contribution >= 4 is 17.9 Å². The summed E-state index contributed by atoms with van der Waals surface area (Å²) in [6.07, 6.45) is 0.650. The number of likely N-dealkylation sites (N-methyl/N-ethyl adjacent to an activating group) is 1. The fourth-order valence-electron chi connectivity index (χ4n) is 2.13. The number of rotatable bonds is 5. The Labute approximate surface area is 119 Å². The van der Waals surface area contributed by atoms with E-state index in [4.69, 9.17) is 4.74 Å². The van der Waals surface area contributed by atoms with Gasteiger partial charge in [-0.2, -0.15) is 4.98 Å². The molecule has 0 bridgehead atoms. The van der Waals surface area contributed by atoms with Gasteiger partial charge < -0.3 is 19.9 Å². The van der Waals surface area contributed by atoms with Crippen LogP contribution in [0.4, 0.5) is 11.5 Å². The molecule has 1 fully saturated rings. The van der Waals surface area contributed by atoms with E-state index in [1.165, 1.54) is 0 Å². The van der Waals surface area contributed by atoms with E-state index in [1.807, 2.05) is 26.0 Å². The first-order chi connectivity index (χ1) is 9.60. The Morgan fingerprint density at radius 1 is 1.30 bits per heavy atom. The van der Waals surface area contributed by atoms with Crippen molar-refractivity contribution in [1.82, 2.24) is 9.88 Å². The monoisotopic (exact) mass is 278 g/mol. The highest BCUT2D eigenvalue weighted by molar-refractivity contribution is 5.75.